The van der Waals surface area contributed by atoms with Gasteiger partial charge in [0.15, 0.2) is 0 Å². The Balaban J connectivity index is 1.74. The Morgan fingerprint density at radius 3 is 2.03 bits per heavy atom. The van der Waals surface area contributed by atoms with Crippen molar-refractivity contribution < 1.29 is 19.6 Å². The highest BCUT2D eigenvalue weighted by atomic mass is 35.5. The third kappa shape index (κ3) is 5.78. The van der Waals surface area contributed by atoms with Crippen molar-refractivity contribution in [1.29, 1.82) is 0 Å². The zero-order valence-electron chi connectivity index (χ0n) is 19.2. The minimum Gasteiger partial charge on any atom is -0.322 e. The number of aryl methyl sites for hydroxylation is 1. The minimum atomic E-state index is -0.702. The predicted molar refractivity (Wildman–Crippen MR) is 140 cm³/mol. The maximum absolute atomic E-state index is 13.1. The lowest BCUT2D eigenvalue weighted by molar-refractivity contribution is 0.0707. The summed E-state index contributed by atoms with van der Waals surface area (Å²) in [7, 11) is 0. The normalized spacial score (nSPS) is 10.4. The Morgan fingerprint density at radius 2 is 1.33 bits per heavy atom. The smallest absolute Gasteiger partial charge is 0.275 e. The molecular formula is C28H22ClN3O4. The Morgan fingerprint density at radius 1 is 0.694 bits per heavy atom. The van der Waals surface area contributed by atoms with Gasteiger partial charge in [-0.1, -0.05) is 47.5 Å². The first-order valence-corrected chi connectivity index (χ1v) is 11.4. The van der Waals surface area contributed by atoms with Crippen molar-refractivity contribution in [2.24, 2.45) is 0 Å². The highest BCUT2D eigenvalue weighted by Crippen LogP contribution is 2.29. The molecular weight excluding hydrogens is 478 g/mol. The molecule has 4 aromatic carbocycles. The summed E-state index contributed by atoms with van der Waals surface area (Å²) >= 11 is 5.93. The second-order valence-corrected chi connectivity index (χ2v) is 8.50. The van der Waals surface area contributed by atoms with Gasteiger partial charge in [0.2, 0.25) is 0 Å². The molecule has 0 radical (unpaired) electrons. The number of carbonyl (C=O) groups excluding carboxylic acids is 3. The average Bonchev–Trinajstić information content (AvgIpc) is 2.89. The van der Waals surface area contributed by atoms with E-state index in [2.05, 4.69) is 10.6 Å². The molecule has 0 aromatic heterocycles. The van der Waals surface area contributed by atoms with Crippen LogP contribution < -0.4 is 16.1 Å². The quantitative estimate of drug-likeness (QED) is 0.194. The van der Waals surface area contributed by atoms with E-state index in [-0.39, 0.29) is 17.0 Å². The average molecular weight is 500 g/mol. The fourth-order valence-electron chi connectivity index (χ4n) is 3.62. The monoisotopic (exact) mass is 499 g/mol. The minimum absolute atomic E-state index is 0.200. The summed E-state index contributed by atoms with van der Waals surface area (Å²) in [6.45, 7) is 1.93. The van der Waals surface area contributed by atoms with Crippen molar-refractivity contribution in [2.45, 2.75) is 6.92 Å². The van der Waals surface area contributed by atoms with Gasteiger partial charge in [0, 0.05) is 33.1 Å². The maximum atomic E-state index is 13.1. The third-order valence-corrected chi connectivity index (χ3v) is 5.71. The van der Waals surface area contributed by atoms with E-state index < -0.39 is 11.8 Å². The number of halogens is 1. The van der Waals surface area contributed by atoms with E-state index in [1.807, 2.05) is 19.1 Å². The number of hydroxylamine groups is 1. The van der Waals surface area contributed by atoms with Gasteiger partial charge in [0.25, 0.3) is 17.7 Å². The van der Waals surface area contributed by atoms with Crippen LogP contribution in [0.2, 0.25) is 5.02 Å². The van der Waals surface area contributed by atoms with Gasteiger partial charge in [-0.25, -0.2) is 5.48 Å². The van der Waals surface area contributed by atoms with Gasteiger partial charge in [0.1, 0.15) is 0 Å². The first-order chi connectivity index (χ1) is 17.3. The summed E-state index contributed by atoms with van der Waals surface area (Å²) in [4.78, 5) is 38.3. The molecule has 0 aliphatic carbocycles. The van der Waals surface area contributed by atoms with E-state index in [0.29, 0.717) is 33.1 Å². The number of anilines is 2. The van der Waals surface area contributed by atoms with Crippen molar-refractivity contribution in [3.8, 4) is 11.1 Å². The van der Waals surface area contributed by atoms with E-state index in [4.69, 9.17) is 11.6 Å². The molecule has 3 amide bonds. The van der Waals surface area contributed by atoms with Crippen molar-refractivity contribution >= 4 is 40.7 Å². The van der Waals surface area contributed by atoms with Crippen LogP contribution in [0.5, 0.6) is 0 Å². The molecule has 0 spiro atoms. The number of benzene rings is 4. The van der Waals surface area contributed by atoms with Crippen LogP contribution in [0, 0.1) is 6.92 Å². The molecule has 0 saturated carbocycles. The lowest BCUT2D eigenvalue weighted by Crippen LogP contribution is -2.19. The van der Waals surface area contributed by atoms with Crippen LogP contribution in [-0.4, -0.2) is 22.9 Å². The first-order valence-electron chi connectivity index (χ1n) is 11.0. The van der Waals surface area contributed by atoms with Crippen LogP contribution >= 0.6 is 11.6 Å². The lowest BCUT2D eigenvalue weighted by atomic mass is 9.96. The second-order valence-electron chi connectivity index (χ2n) is 8.07. The number of nitrogens with one attached hydrogen (secondary N) is 3. The molecule has 180 valence electrons. The first kappa shape index (κ1) is 24.7. The highest BCUT2D eigenvalue weighted by molar-refractivity contribution is 6.30. The van der Waals surface area contributed by atoms with E-state index in [1.54, 1.807) is 84.3 Å². The zero-order chi connectivity index (χ0) is 25.7. The molecule has 8 heteroatoms. The fraction of sp³-hybridized carbons (Fsp3) is 0.0357. The van der Waals surface area contributed by atoms with Gasteiger partial charge in [0.05, 0.1) is 0 Å². The third-order valence-electron chi connectivity index (χ3n) is 5.45. The number of hydrogen-bond donors (Lipinski definition) is 4. The molecule has 0 heterocycles. The zero-order valence-corrected chi connectivity index (χ0v) is 20.0. The molecule has 0 saturated heterocycles. The molecule has 0 bridgehead atoms. The molecule has 0 aliphatic heterocycles. The molecule has 0 fully saturated rings. The maximum Gasteiger partial charge on any atom is 0.275 e. The predicted octanol–water partition coefficient (Wildman–Crippen LogP) is 5.94. The second kappa shape index (κ2) is 10.9. The van der Waals surface area contributed by atoms with Crippen LogP contribution in [0.4, 0.5) is 11.4 Å². The Hall–Kier alpha value is -4.46. The molecule has 0 atom stereocenters. The van der Waals surface area contributed by atoms with Gasteiger partial charge in [-0.05, 0) is 78.7 Å². The van der Waals surface area contributed by atoms with E-state index in [9.17, 15) is 19.6 Å². The van der Waals surface area contributed by atoms with Crippen LogP contribution in [0.15, 0.2) is 91.0 Å². The lowest BCUT2D eigenvalue weighted by Gasteiger charge is -2.14. The van der Waals surface area contributed by atoms with Gasteiger partial charge >= 0.3 is 0 Å². The summed E-state index contributed by atoms with van der Waals surface area (Å²) in [5, 5.41) is 15.3. The fourth-order valence-corrected chi connectivity index (χ4v) is 3.75. The van der Waals surface area contributed by atoms with Crippen molar-refractivity contribution in [3.63, 3.8) is 0 Å². The van der Waals surface area contributed by atoms with Crippen LogP contribution in [0.1, 0.15) is 36.6 Å². The van der Waals surface area contributed by atoms with E-state index in [1.165, 1.54) is 0 Å². The summed E-state index contributed by atoms with van der Waals surface area (Å²) in [5.41, 5.74) is 5.44. The van der Waals surface area contributed by atoms with Crippen molar-refractivity contribution in [2.75, 3.05) is 10.6 Å². The standard InChI is InChI=1S/C28H22ClN3O4/c1-17-6-8-18(9-7-17)26(33)31-23-15-19(24-4-2-3-5-25(24)28(35)32-36)14-20(16-23)27(34)30-22-12-10-21(29)11-13-22/h2-16,36H,1H3,(H,30,34)(H,31,33)(H,32,35). The number of rotatable bonds is 6. The number of carbonyl (C=O) groups is 3. The summed E-state index contributed by atoms with van der Waals surface area (Å²) in [5.74, 6) is -1.47. The topological polar surface area (TPSA) is 108 Å². The van der Waals surface area contributed by atoms with Crippen molar-refractivity contribution in [1.82, 2.24) is 5.48 Å². The van der Waals surface area contributed by atoms with Gasteiger partial charge < -0.3 is 10.6 Å². The highest BCUT2D eigenvalue weighted by Gasteiger charge is 2.17. The van der Waals surface area contributed by atoms with Crippen molar-refractivity contribution in [3.05, 3.63) is 118 Å². The molecule has 0 aliphatic rings. The van der Waals surface area contributed by atoms with E-state index in [0.717, 1.165) is 5.56 Å². The SMILES string of the molecule is Cc1ccc(C(=O)Nc2cc(C(=O)Nc3ccc(Cl)cc3)cc(-c3ccccc3C(=O)NO)c2)cc1. The van der Waals surface area contributed by atoms with Crippen LogP contribution in [0.3, 0.4) is 0 Å². The summed E-state index contributed by atoms with van der Waals surface area (Å²) in [6, 6.07) is 25.2. The largest absolute Gasteiger partial charge is 0.322 e. The Kier molecular flexibility index (Phi) is 7.44. The molecule has 7 nitrogen and oxygen atoms in total. The Bertz CT molecular complexity index is 1430. The Labute approximate surface area is 212 Å². The molecule has 4 N–H and O–H groups in total. The van der Waals surface area contributed by atoms with Gasteiger partial charge in [-0.3, -0.25) is 19.6 Å². The van der Waals surface area contributed by atoms with Crippen LogP contribution in [0.25, 0.3) is 11.1 Å². The molecule has 0 unspecified atom stereocenters. The van der Waals surface area contributed by atoms with Gasteiger partial charge in [-0.15, -0.1) is 0 Å². The molecule has 36 heavy (non-hydrogen) atoms. The molecule has 4 rings (SSSR count). The van der Waals surface area contributed by atoms with E-state index >= 15 is 0 Å². The van der Waals surface area contributed by atoms with Gasteiger partial charge in [-0.2, -0.15) is 0 Å². The number of hydrogen-bond acceptors (Lipinski definition) is 4. The summed E-state index contributed by atoms with van der Waals surface area (Å²) < 4.78 is 0. The summed E-state index contributed by atoms with van der Waals surface area (Å²) in [6.07, 6.45) is 0. The molecule has 4 aromatic rings. The van der Waals surface area contributed by atoms with Crippen LogP contribution in [-0.2, 0) is 0 Å². The number of amides is 3.